The maximum atomic E-state index is 2.36. The van der Waals surface area contributed by atoms with Crippen molar-refractivity contribution in [2.45, 2.75) is 61.3 Å². The van der Waals surface area contributed by atoms with Gasteiger partial charge < -0.3 is 0 Å². The molecule has 0 nitrogen and oxygen atoms in total. The molecule has 0 bridgehead atoms. The van der Waals surface area contributed by atoms with E-state index < -0.39 is 0 Å². The van der Waals surface area contributed by atoms with Gasteiger partial charge in [-0.25, -0.2) is 0 Å². The molecule has 0 saturated heterocycles. The van der Waals surface area contributed by atoms with Gasteiger partial charge in [-0.2, -0.15) is 0 Å². The fraction of sp³-hybridized carbons (Fsp3) is 0.929. The van der Waals surface area contributed by atoms with Gasteiger partial charge in [0.05, 0.1) is 0 Å². The van der Waals surface area contributed by atoms with Gasteiger partial charge in [0, 0.05) is 0 Å². The minimum Gasteiger partial charge on any atom is -0.0651 e. The lowest BCUT2D eigenvalue weighted by molar-refractivity contribution is 0.310. The zero-order valence-electron chi connectivity index (χ0n) is 11.2. The van der Waals surface area contributed by atoms with Crippen LogP contribution in [0.15, 0.2) is 0 Å². The van der Waals surface area contributed by atoms with Gasteiger partial charge in [-0.1, -0.05) is 54.9 Å². The Morgan fingerprint density at radius 2 is 1.43 bits per heavy atom. The summed E-state index contributed by atoms with van der Waals surface area (Å²) < 4.78 is 0. The van der Waals surface area contributed by atoms with Gasteiger partial charge in [-0.3, -0.25) is 0 Å². The van der Waals surface area contributed by atoms with Crippen LogP contribution in [0.1, 0.15) is 61.3 Å². The van der Waals surface area contributed by atoms with Crippen molar-refractivity contribution in [3.05, 3.63) is 5.92 Å². The first-order valence-electron chi connectivity index (χ1n) is 6.25. The van der Waals surface area contributed by atoms with E-state index in [-0.39, 0.29) is 0 Å². The summed E-state index contributed by atoms with van der Waals surface area (Å²) in [5, 5.41) is 0. The van der Waals surface area contributed by atoms with Crippen molar-refractivity contribution >= 4 is 0 Å². The molecule has 0 heteroatoms. The van der Waals surface area contributed by atoms with Gasteiger partial charge >= 0.3 is 0 Å². The molecule has 0 aromatic carbocycles. The van der Waals surface area contributed by atoms with Gasteiger partial charge in [0.2, 0.25) is 0 Å². The molecule has 85 valence electrons. The normalized spacial score (nSPS) is 14.8. The molecule has 0 aromatic heterocycles. The fourth-order valence-corrected chi connectivity index (χ4v) is 2.45. The molecule has 1 atom stereocenters. The fourth-order valence-electron chi connectivity index (χ4n) is 2.45. The lowest BCUT2D eigenvalue weighted by atomic mass is 9.72. The van der Waals surface area contributed by atoms with E-state index in [4.69, 9.17) is 0 Å². The Morgan fingerprint density at radius 1 is 0.929 bits per heavy atom. The highest BCUT2D eigenvalue weighted by molar-refractivity contribution is 5.00. The summed E-state index contributed by atoms with van der Waals surface area (Å²) in [4.78, 5) is 0. The summed E-state index contributed by atoms with van der Waals surface area (Å²) in [5.74, 6) is 4.98. The van der Waals surface area contributed by atoms with Gasteiger partial charge in [0.25, 0.3) is 0 Å². The van der Waals surface area contributed by atoms with E-state index in [0.29, 0.717) is 0 Å². The van der Waals surface area contributed by atoms with Gasteiger partial charge in [0.15, 0.2) is 0 Å². The minimum absolute atomic E-state index is 0.754. The Labute approximate surface area is 91.5 Å². The Morgan fingerprint density at radius 3 is 1.64 bits per heavy atom. The van der Waals surface area contributed by atoms with Crippen LogP contribution in [-0.4, -0.2) is 0 Å². The predicted octanol–water partition coefficient (Wildman–Crippen LogP) is 4.95. The Kier molecular flexibility index (Phi) is 6.48. The van der Waals surface area contributed by atoms with E-state index >= 15 is 0 Å². The largest absolute Gasteiger partial charge is 0.0651 e. The second kappa shape index (κ2) is 6.48. The smallest absolute Gasteiger partial charge is 0.0180 e. The van der Waals surface area contributed by atoms with Crippen LogP contribution in [0.5, 0.6) is 0 Å². The highest BCUT2D eigenvalue weighted by Crippen LogP contribution is 2.36. The summed E-state index contributed by atoms with van der Waals surface area (Å²) in [7, 11) is 0. The Hall–Kier alpha value is 0. The highest BCUT2D eigenvalue weighted by atomic mass is 14.3. The lowest BCUT2D eigenvalue weighted by Gasteiger charge is -2.33. The maximum absolute atomic E-state index is 2.36. The zero-order chi connectivity index (χ0) is 11.3. The van der Waals surface area contributed by atoms with Gasteiger partial charge in [-0.05, 0) is 36.0 Å². The minimum atomic E-state index is 0.754. The summed E-state index contributed by atoms with van der Waals surface area (Å²) in [5.41, 5.74) is 0. The number of hydrogen-bond donors (Lipinski definition) is 0. The molecule has 0 spiro atoms. The third-order valence-corrected chi connectivity index (χ3v) is 3.11. The Bertz CT molecular complexity index is 133. The highest BCUT2D eigenvalue weighted by Gasteiger charge is 2.26. The van der Waals surface area contributed by atoms with Crippen LogP contribution in [0.25, 0.3) is 0 Å². The second-order valence-corrected chi connectivity index (χ2v) is 5.59. The standard InChI is InChI=1S/C14H29/c1-8-13(11(4)5)14(12(6)7)9-10(2)3/h10-13H,8-9H2,1-7H3. The molecular formula is C14H29. The molecule has 0 N–H and O–H groups in total. The van der Waals surface area contributed by atoms with Gasteiger partial charge in [0.1, 0.15) is 0 Å². The summed E-state index contributed by atoms with van der Waals surface area (Å²) in [6.07, 6.45) is 2.62. The summed E-state index contributed by atoms with van der Waals surface area (Å²) >= 11 is 0. The molecule has 0 aliphatic carbocycles. The van der Waals surface area contributed by atoms with Crippen LogP contribution >= 0.6 is 0 Å². The molecular weight excluding hydrogens is 168 g/mol. The van der Waals surface area contributed by atoms with Crippen LogP contribution in [-0.2, 0) is 0 Å². The van der Waals surface area contributed by atoms with Crippen LogP contribution in [0, 0.1) is 29.6 Å². The summed E-state index contributed by atoms with van der Waals surface area (Å²) in [6.45, 7) is 16.4. The molecule has 0 fully saturated rings. The van der Waals surface area contributed by atoms with Crippen molar-refractivity contribution < 1.29 is 0 Å². The molecule has 0 amide bonds. The first-order valence-corrected chi connectivity index (χ1v) is 6.25. The number of rotatable bonds is 6. The topological polar surface area (TPSA) is 0 Å². The van der Waals surface area contributed by atoms with E-state index in [9.17, 15) is 0 Å². The maximum Gasteiger partial charge on any atom is -0.0180 e. The molecule has 0 saturated carbocycles. The van der Waals surface area contributed by atoms with E-state index in [1.54, 1.807) is 5.92 Å². The quantitative estimate of drug-likeness (QED) is 0.565. The molecule has 14 heavy (non-hydrogen) atoms. The first-order chi connectivity index (χ1) is 6.40. The molecule has 1 unspecified atom stereocenters. The molecule has 0 aromatic rings. The van der Waals surface area contributed by atoms with Crippen molar-refractivity contribution in [3.63, 3.8) is 0 Å². The molecule has 0 heterocycles. The van der Waals surface area contributed by atoms with Gasteiger partial charge in [-0.15, -0.1) is 0 Å². The monoisotopic (exact) mass is 197 g/mol. The van der Waals surface area contributed by atoms with Crippen LogP contribution < -0.4 is 0 Å². The second-order valence-electron chi connectivity index (χ2n) is 5.59. The lowest BCUT2D eigenvalue weighted by Crippen LogP contribution is -2.23. The van der Waals surface area contributed by atoms with Crippen molar-refractivity contribution in [3.8, 4) is 0 Å². The molecule has 0 rings (SSSR count). The van der Waals surface area contributed by atoms with Crippen LogP contribution in [0.2, 0.25) is 0 Å². The predicted molar refractivity (Wildman–Crippen MR) is 66.2 cm³/mol. The van der Waals surface area contributed by atoms with Crippen LogP contribution in [0.4, 0.5) is 0 Å². The first kappa shape index (κ1) is 14.0. The van der Waals surface area contributed by atoms with E-state index in [1.165, 1.54) is 12.8 Å². The van der Waals surface area contributed by atoms with Crippen molar-refractivity contribution in [2.75, 3.05) is 0 Å². The zero-order valence-corrected chi connectivity index (χ0v) is 11.2. The molecule has 1 radical (unpaired) electrons. The Balaban J connectivity index is 4.44. The third kappa shape index (κ3) is 4.48. The van der Waals surface area contributed by atoms with Crippen molar-refractivity contribution in [1.82, 2.24) is 0 Å². The van der Waals surface area contributed by atoms with Crippen molar-refractivity contribution in [1.29, 1.82) is 0 Å². The average Bonchev–Trinajstić information content (AvgIpc) is 2.02. The average molecular weight is 197 g/mol. The molecule has 0 aliphatic rings. The molecule has 0 aliphatic heterocycles. The summed E-state index contributed by atoms with van der Waals surface area (Å²) in [6, 6.07) is 0. The van der Waals surface area contributed by atoms with E-state index in [1.807, 2.05) is 0 Å². The SMILES string of the molecule is CCC([C](CC(C)C)C(C)C)C(C)C. The van der Waals surface area contributed by atoms with E-state index in [0.717, 1.165) is 23.7 Å². The third-order valence-electron chi connectivity index (χ3n) is 3.11. The van der Waals surface area contributed by atoms with Crippen molar-refractivity contribution in [2.24, 2.45) is 23.7 Å². The number of hydrogen-bond acceptors (Lipinski definition) is 0. The van der Waals surface area contributed by atoms with E-state index in [2.05, 4.69) is 48.5 Å². The van der Waals surface area contributed by atoms with Crippen LogP contribution in [0.3, 0.4) is 0 Å².